The third-order valence-corrected chi connectivity index (χ3v) is 8.97. The van der Waals surface area contributed by atoms with Crippen LogP contribution >= 0.6 is 31.9 Å². The number of rotatable bonds is 2. The van der Waals surface area contributed by atoms with Gasteiger partial charge in [0.25, 0.3) is 0 Å². The highest BCUT2D eigenvalue weighted by Gasteiger charge is 2.17. The molecule has 0 amide bonds. The Morgan fingerprint density at radius 1 is 0.450 bits per heavy atom. The summed E-state index contributed by atoms with van der Waals surface area (Å²) in [6.07, 6.45) is 8.25. The van der Waals surface area contributed by atoms with Crippen LogP contribution in [0.15, 0.2) is 81.7 Å². The molecule has 0 aliphatic carbocycles. The van der Waals surface area contributed by atoms with Gasteiger partial charge in [-0.25, -0.2) is 9.97 Å². The van der Waals surface area contributed by atoms with Gasteiger partial charge in [0.2, 0.25) is 0 Å². The predicted molar refractivity (Wildman–Crippen MR) is 175 cm³/mol. The van der Waals surface area contributed by atoms with E-state index in [1.807, 2.05) is 0 Å². The molecule has 7 rings (SSSR count). The molecule has 8 bridgehead atoms. The van der Waals surface area contributed by atoms with Crippen LogP contribution in [-0.2, 0) is 0 Å². The lowest BCUT2D eigenvalue weighted by Crippen LogP contribution is -1.89. The number of aromatic nitrogens is 4. The fourth-order valence-electron chi connectivity index (χ4n) is 5.18. The monoisotopic (exact) mass is 646 g/mol. The number of halogens is 2. The van der Waals surface area contributed by atoms with Gasteiger partial charge in [0.05, 0.1) is 42.8 Å². The number of nitrogens with zero attached hydrogens (tertiary/aromatic N) is 2. The SMILES string of the molecule is Cc1ccc(-c2c3nc(c(Br)c4ccc([nH]4)c(-c4ccc(C)cc4)c4ccc([nH]4)c(Br)c4nc2C=C4)C=C3)cc1. The first-order chi connectivity index (χ1) is 19.4. The highest BCUT2D eigenvalue weighted by atomic mass is 79.9. The summed E-state index contributed by atoms with van der Waals surface area (Å²) in [5, 5.41) is 0. The lowest BCUT2D eigenvalue weighted by molar-refractivity contribution is 1.26. The molecular formula is C34H24Br2N4. The molecule has 5 heterocycles. The van der Waals surface area contributed by atoms with E-state index in [4.69, 9.17) is 9.97 Å². The van der Waals surface area contributed by atoms with E-state index >= 15 is 0 Å². The molecule has 2 aliphatic rings. The predicted octanol–water partition coefficient (Wildman–Crippen LogP) is 10.1. The van der Waals surface area contributed by atoms with E-state index in [1.165, 1.54) is 11.1 Å². The highest BCUT2D eigenvalue weighted by molar-refractivity contribution is 9.11. The van der Waals surface area contributed by atoms with Crippen LogP contribution in [0.2, 0.25) is 0 Å². The van der Waals surface area contributed by atoms with Crippen LogP contribution < -0.4 is 0 Å². The summed E-state index contributed by atoms with van der Waals surface area (Å²) in [7, 11) is 0. The minimum atomic E-state index is 0.860. The van der Waals surface area contributed by atoms with Crippen molar-refractivity contribution in [2.75, 3.05) is 0 Å². The summed E-state index contributed by atoms with van der Waals surface area (Å²) >= 11 is 7.70. The summed E-state index contributed by atoms with van der Waals surface area (Å²) in [6, 6.07) is 25.6. The van der Waals surface area contributed by atoms with Gasteiger partial charge in [-0.05, 0) is 105 Å². The van der Waals surface area contributed by atoms with Crippen LogP contribution in [0.3, 0.4) is 0 Å². The summed E-state index contributed by atoms with van der Waals surface area (Å²) in [6.45, 7) is 4.20. The van der Waals surface area contributed by atoms with E-state index in [0.29, 0.717) is 0 Å². The van der Waals surface area contributed by atoms with Crippen molar-refractivity contribution >= 4 is 78.2 Å². The maximum Gasteiger partial charge on any atom is 0.0801 e. The van der Waals surface area contributed by atoms with Crippen molar-refractivity contribution in [3.05, 3.63) is 116 Å². The molecule has 2 aliphatic heterocycles. The molecule has 194 valence electrons. The van der Waals surface area contributed by atoms with E-state index < -0.39 is 0 Å². The molecule has 0 radical (unpaired) electrons. The van der Waals surface area contributed by atoms with E-state index in [0.717, 1.165) is 76.0 Å². The third-order valence-electron chi connectivity index (χ3n) is 7.31. The zero-order valence-electron chi connectivity index (χ0n) is 21.9. The Morgan fingerprint density at radius 3 is 1.27 bits per heavy atom. The van der Waals surface area contributed by atoms with Gasteiger partial charge < -0.3 is 9.97 Å². The molecular weight excluding hydrogens is 624 g/mol. The first kappa shape index (κ1) is 25.0. The van der Waals surface area contributed by atoms with Crippen LogP contribution in [-0.4, -0.2) is 19.9 Å². The average Bonchev–Trinajstić information content (AvgIpc) is 3.78. The number of H-pyrrole nitrogens is 2. The molecule has 6 heteroatoms. The molecule has 0 saturated heterocycles. The van der Waals surface area contributed by atoms with Crippen molar-refractivity contribution in [3.8, 4) is 22.3 Å². The van der Waals surface area contributed by atoms with Crippen molar-refractivity contribution in [1.82, 2.24) is 19.9 Å². The smallest absolute Gasteiger partial charge is 0.0801 e. The number of aromatic amines is 2. The fraction of sp³-hybridized carbons (Fsp3) is 0.0588. The minimum absolute atomic E-state index is 0.860. The van der Waals surface area contributed by atoms with Crippen LogP contribution in [0.1, 0.15) is 33.9 Å². The lowest BCUT2D eigenvalue weighted by Gasteiger charge is -2.05. The Morgan fingerprint density at radius 2 is 0.825 bits per heavy atom. The van der Waals surface area contributed by atoms with Crippen molar-refractivity contribution in [3.63, 3.8) is 0 Å². The Bertz CT molecular complexity index is 1930. The summed E-state index contributed by atoms with van der Waals surface area (Å²) in [5.74, 6) is 0. The van der Waals surface area contributed by atoms with Gasteiger partial charge >= 0.3 is 0 Å². The van der Waals surface area contributed by atoms with Crippen molar-refractivity contribution < 1.29 is 0 Å². The molecule has 0 saturated carbocycles. The molecule has 0 atom stereocenters. The Balaban J connectivity index is 1.61. The quantitative estimate of drug-likeness (QED) is 0.196. The molecule has 2 N–H and O–H groups in total. The molecule has 4 nitrogen and oxygen atoms in total. The zero-order valence-corrected chi connectivity index (χ0v) is 25.1. The highest BCUT2D eigenvalue weighted by Crippen LogP contribution is 2.36. The largest absolute Gasteiger partial charge is 0.354 e. The van der Waals surface area contributed by atoms with Gasteiger partial charge in [-0.1, -0.05) is 59.7 Å². The molecule has 3 aromatic heterocycles. The van der Waals surface area contributed by atoms with Crippen molar-refractivity contribution in [2.45, 2.75) is 13.8 Å². The molecule has 5 aromatic rings. The molecule has 0 unspecified atom stereocenters. The summed E-state index contributed by atoms with van der Waals surface area (Å²) in [4.78, 5) is 17.4. The molecule has 0 fully saturated rings. The fourth-order valence-corrected chi connectivity index (χ4v) is 6.09. The first-order valence-corrected chi connectivity index (χ1v) is 14.6. The molecule has 40 heavy (non-hydrogen) atoms. The van der Waals surface area contributed by atoms with Crippen LogP contribution in [0.25, 0.3) is 68.6 Å². The number of hydrogen-bond acceptors (Lipinski definition) is 2. The van der Waals surface area contributed by atoms with Gasteiger partial charge in [-0.3, -0.25) is 0 Å². The number of aryl methyl sites for hydroxylation is 2. The van der Waals surface area contributed by atoms with E-state index in [1.54, 1.807) is 0 Å². The zero-order chi connectivity index (χ0) is 27.4. The summed E-state index contributed by atoms with van der Waals surface area (Å²) in [5.41, 5.74) is 14.2. The number of fused-ring (bicyclic) bond motifs is 8. The van der Waals surface area contributed by atoms with Crippen molar-refractivity contribution in [1.29, 1.82) is 0 Å². The summed E-state index contributed by atoms with van der Waals surface area (Å²) < 4.78 is 1.81. The standard InChI is InChI=1S/C34H24Br2N4/c1-19-3-7-21(8-4-19)31-23-11-15-27(37-23)33(35)29-17-13-25(39-29)32(22-9-5-20(2)6-10-22)26-14-18-30(40-26)34(36)28-16-12-24(31)38-28/h3-18,37-38H,1-2H3. The first-order valence-electron chi connectivity index (χ1n) is 13.1. The van der Waals surface area contributed by atoms with Crippen molar-refractivity contribution in [2.24, 2.45) is 0 Å². The second-order valence-electron chi connectivity index (χ2n) is 10.1. The Hall–Kier alpha value is -4.00. The number of nitrogens with one attached hydrogen (secondary N) is 2. The number of benzene rings is 2. The minimum Gasteiger partial charge on any atom is -0.354 e. The van der Waals surface area contributed by atoms with Crippen LogP contribution in [0, 0.1) is 13.8 Å². The topological polar surface area (TPSA) is 57.4 Å². The Labute approximate surface area is 248 Å². The maximum atomic E-state index is 5.07. The van der Waals surface area contributed by atoms with Gasteiger partial charge in [0.1, 0.15) is 0 Å². The second kappa shape index (κ2) is 9.88. The molecule has 0 spiro atoms. The maximum absolute atomic E-state index is 5.07. The van der Waals surface area contributed by atoms with Gasteiger partial charge in [-0.2, -0.15) is 0 Å². The Kier molecular flexibility index (Phi) is 6.17. The average molecular weight is 648 g/mol. The van der Waals surface area contributed by atoms with E-state index in [9.17, 15) is 0 Å². The third kappa shape index (κ3) is 4.37. The normalized spacial score (nSPS) is 12.3. The molecule has 2 aromatic carbocycles. The van der Waals surface area contributed by atoms with Gasteiger partial charge in [0, 0.05) is 22.2 Å². The van der Waals surface area contributed by atoms with Crippen LogP contribution in [0.4, 0.5) is 0 Å². The number of hydrogen-bond donors (Lipinski definition) is 2. The van der Waals surface area contributed by atoms with Gasteiger partial charge in [-0.15, -0.1) is 0 Å². The lowest BCUT2D eigenvalue weighted by atomic mass is 10.0. The van der Waals surface area contributed by atoms with E-state index in [2.05, 4.69) is 153 Å². The van der Waals surface area contributed by atoms with E-state index in [-0.39, 0.29) is 0 Å². The van der Waals surface area contributed by atoms with Gasteiger partial charge in [0.15, 0.2) is 0 Å². The van der Waals surface area contributed by atoms with Crippen LogP contribution in [0.5, 0.6) is 0 Å². The second-order valence-corrected chi connectivity index (χ2v) is 11.7.